The highest BCUT2D eigenvalue weighted by molar-refractivity contribution is 5.81. The van der Waals surface area contributed by atoms with Crippen LogP contribution >= 0.6 is 0 Å². The topological polar surface area (TPSA) is 55.1 Å². The Balaban J connectivity index is 2.79. The highest BCUT2D eigenvalue weighted by Gasteiger charge is 2.21. The summed E-state index contributed by atoms with van der Waals surface area (Å²) in [6.07, 6.45) is 1.54. The van der Waals surface area contributed by atoms with Gasteiger partial charge >= 0.3 is 0 Å². The molecule has 0 saturated carbocycles. The molecule has 1 aromatic rings. The van der Waals surface area contributed by atoms with Gasteiger partial charge in [-0.05, 0) is 30.0 Å². The molecule has 0 saturated heterocycles. The van der Waals surface area contributed by atoms with Crippen LogP contribution in [0.25, 0.3) is 0 Å². The van der Waals surface area contributed by atoms with Crippen LogP contribution < -0.4 is 11.1 Å². The Morgan fingerprint density at radius 3 is 2.37 bits per heavy atom. The molecule has 0 fully saturated rings. The third-order valence-corrected chi connectivity index (χ3v) is 3.13. The second kappa shape index (κ2) is 7.24. The molecule has 0 aliphatic carbocycles. The smallest absolute Gasteiger partial charge is 0.237 e. The van der Waals surface area contributed by atoms with Crippen molar-refractivity contribution in [3.05, 3.63) is 35.6 Å². The second-order valence-corrected chi connectivity index (χ2v) is 5.18. The maximum atomic E-state index is 12.9. The van der Waals surface area contributed by atoms with E-state index in [2.05, 4.69) is 5.32 Å². The van der Waals surface area contributed by atoms with Crippen LogP contribution in [0, 0.1) is 11.7 Å². The van der Waals surface area contributed by atoms with Gasteiger partial charge in [0.1, 0.15) is 5.82 Å². The largest absolute Gasteiger partial charge is 0.348 e. The van der Waals surface area contributed by atoms with Gasteiger partial charge in [0.15, 0.2) is 0 Å². The average Bonchev–Trinajstić information content (AvgIpc) is 2.37. The quantitative estimate of drug-likeness (QED) is 0.832. The first-order valence-corrected chi connectivity index (χ1v) is 6.77. The summed E-state index contributed by atoms with van der Waals surface area (Å²) in [5.74, 6) is -0.214. The molecule has 0 bridgehead atoms. The molecular formula is C15H23FN2O. The van der Waals surface area contributed by atoms with Crippen LogP contribution in [0.2, 0.25) is 0 Å². The molecule has 1 amide bonds. The van der Waals surface area contributed by atoms with E-state index in [1.807, 2.05) is 20.8 Å². The lowest BCUT2D eigenvalue weighted by atomic mass is 9.95. The van der Waals surface area contributed by atoms with Crippen molar-refractivity contribution >= 4 is 5.91 Å². The molecular weight excluding hydrogens is 243 g/mol. The fraction of sp³-hybridized carbons (Fsp3) is 0.533. The van der Waals surface area contributed by atoms with Crippen LogP contribution in [-0.2, 0) is 4.79 Å². The first-order valence-electron chi connectivity index (χ1n) is 6.77. The van der Waals surface area contributed by atoms with Gasteiger partial charge in [-0.15, -0.1) is 0 Å². The molecule has 1 aromatic carbocycles. The van der Waals surface area contributed by atoms with Gasteiger partial charge in [0, 0.05) is 0 Å². The number of hydrogen-bond acceptors (Lipinski definition) is 2. The number of nitrogens with one attached hydrogen (secondary N) is 1. The first-order chi connectivity index (χ1) is 8.95. The van der Waals surface area contributed by atoms with E-state index in [0.717, 1.165) is 12.0 Å². The fourth-order valence-electron chi connectivity index (χ4n) is 2.01. The van der Waals surface area contributed by atoms with Gasteiger partial charge in [0.25, 0.3) is 0 Å². The number of benzene rings is 1. The van der Waals surface area contributed by atoms with Gasteiger partial charge in [0.2, 0.25) is 5.91 Å². The third kappa shape index (κ3) is 4.63. The molecule has 0 radical (unpaired) electrons. The molecule has 4 heteroatoms. The molecule has 3 nitrogen and oxygen atoms in total. The molecule has 3 N–H and O–H groups in total. The summed E-state index contributed by atoms with van der Waals surface area (Å²) in [6, 6.07) is 5.59. The van der Waals surface area contributed by atoms with Gasteiger partial charge in [-0.3, -0.25) is 4.79 Å². The number of carbonyl (C=O) groups is 1. The van der Waals surface area contributed by atoms with Crippen molar-refractivity contribution in [3.8, 4) is 0 Å². The highest BCUT2D eigenvalue weighted by Crippen LogP contribution is 2.22. The molecule has 0 aliphatic heterocycles. The van der Waals surface area contributed by atoms with E-state index in [9.17, 15) is 9.18 Å². The minimum absolute atomic E-state index is 0.143. The van der Waals surface area contributed by atoms with Gasteiger partial charge in [-0.2, -0.15) is 0 Å². The van der Waals surface area contributed by atoms with Gasteiger partial charge in [-0.25, -0.2) is 4.39 Å². The summed E-state index contributed by atoms with van der Waals surface area (Å²) in [5.41, 5.74) is 6.70. The summed E-state index contributed by atoms with van der Waals surface area (Å²) in [7, 11) is 0. The van der Waals surface area contributed by atoms with Crippen LogP contribution in [0.1, 0.15) is 45.2 Å². The van der Waals surface area contributed by atoms with Crippen molar-refractivity contribution < 1.29 is 9.18 Å². The summed E-state index contributed by atoms with van der Waals surface area (Å²) >= 11 is 0. The lowest BCUT2D eigenvalue weighted by Gasteiger charge is -2.24. The van der Waals surface area contributed by atoms with E-state index in [4.69, 9.17) is 5.73 Å². The van der Waals surface area contributed by atoms with Crippen LogP contribution in [0.5, 0.6) is 0 Å². The zero-order valence-corrected chi connectivity index (χ0v) is 11.8. The van der Waals surface area contributed by atoms with Gasteiger partial charge in [0.05, 0.1) is 12.1 Å². The maximum Gasteiger partial charge on any atom is 0.237 e. The van der Waals surface area contributed by atoms with Crippen LogP contribution in [0.15, 0.2) is 24.3 Å². The van der Waals surface area contributed by atoms with Crippen molar-refractivity contribution in [2.24, 2.45) is 11.7 Å². The summed E-state index contributed by atoms with van der Waals surface area (Å²) in [4.78, 5) is 12.0. The van der Waals surface area contributed by atoms with Gasteiger partial charge in [-0.1, -0.05) is 39.3 Å². The van der Waals surface area contributed by atoms with E-state index >= 15 is 0 Å². The van der Waals surface area contributed by atoms with E-state index in [0.29, 0.717) is 6.42 Å². The lowest BCUT2D eigenvalue weighted by molar-refractivity contribution is -0.123. The number of carbonyl (C=O) groups excluding carboxylic acids is 1. The molecule has 0 spiro atoms. The number of nitrogens with two attached hydrogens (primary N) is 1. The van der Waals surface area contributed by atoms with Crippen molar-refractivity contribution in [2.75, 3.05) is 0 Å². The van der Waals surface area contributed by atoms with Crippen molar-refractivity contribution in [1.82, 2.24) is 5.32 Å². The molecule has 0 heterocycles. The predicted molar refractivity (Wildman–Crippen MR) is 75.0 cm³/mol. The van der Waals surface area contributed by atoms with Gasteiger partial charge < -0.3 is 11.1 Å². The molecule has 2 atom stereocenters. The second-order valence-electron chi connectivity index (χ2n) is 5.18. The van der Waals surface area contributed by atoms with Crippen LogP contribution in [0.4, 0.5) is 4.39 Å². The monoisotopic (exact) mass is 266 g/mol. The lowest BCUT2D eigenvalue weighted by Crippen LogP contribution is -2.43. The van der Waals surface area contributed by atoms with E-state index in [1.165, 1.54) is 12.1 Å². The Hall–Kier alpha value is -1.42. The van der Waals surface area contributed by atoms with E-state index in [1.54, 1.807) is 12.1 Å². The Kier molecular flexibility index (Phi) is 5.96. The first kappa shape index (κ1) is 15.6. The molecule has 1 unspecified atom stereocenters. The average molecular weight is 266 g/mol. The number of amides is 1. The van der Waals surface area contributed by atoms with Crippen molar-refractivity contribution in [2.45, 2.75) is 45.7 Å². The summed E-state index contributed by atoms with van der Waals surface area (Å²) in [5, 5.41) is 2.95. The SMILES string of the molecule is CCC[C@@H](N)C(=O)NC(c1ccc(F)cc1)C(C)C. The minimum atomic E-state index is -0.480. The normalized spacial score (nSPS) is 14.2. The number of rotatable bonds is 6. The Morgan fingerprint density at radius 1 is 1.32 bits per heavy atom. The standard InChI is InChI=1S/C15H23FN2O/c1-4-5-13(17)15(19)18-14(10(2)3)11-6-8-12(16)9-7-11/h6-10,13-14H,4-5,17H2,1-3H3,(H,18,19)/t13-,14?/m1/s1. The zero-order valence-electron chi connectivity index (χ0n) is 11.8. The van der Waals surface area contributed by atoms with E-state index < -0.39 is 6.04 Å². The van der Waals surface area contributed by atoms with Crippen molar-refractivity contribution in [1.29, 1.82) is 0 Å². The predicted octanol–water partition coefficient (Wildman–Crippen LogP) is 2.77. The van der Waals surface area contributed by atoms with Crippen molar-refractivity contribution in [3.63, 3.8) is 0 Å². The van der Waals surface area contributed by atoms with Crippen LogP contribution in [0.3, 0.4) is 0 Å². The Labute approximate surface area is 114 Å². The zero-order chi connectivity index (χ0) is 14.4. The third-order valence-electron chi connectivity index (χ3n) is 3.13. The summed E-state index contributed by atoms with van der Waals surface area (Å²) < 4.78 is 12.9. The highest BCUT2D eigenvalue weighted by atomic mass is 19.1. The maximum absolute atomic E-state index is 12.9. The number of hydrogen-bond donors (Lipinski definition) is 2. The fourth-order valence-corrected chi connectivity index (χ4v) is 2.01. The molecule has 1 rings (SSSR count). The molecule has 19 heavy (non-hydrogen) atoms. The Bertz CT molecular complexity index is 403. The number of halogens is 1. The molecule has 0 aliphatic rings. The molecule has 0 aromatic heterocycles. The minimum Gasteiger partial charge on any atom is -0.348 e. The molecule has 106 valence electrons. The Morgan fingerprint density at radius 2 is 1.89 bits per heavy atom. The summed E-state index contributed by atoms with van der Waals surface area (Å²) in [6.45, 7) is 6.02. The van der Waals surface area contributed by atoms with E-state index in [-0.39, 0.29) is 23.7 Å². The van der Waals surface area contributed by atoms with Crippen LogP contribution in [-0.4, -0.2) is 11.9 Å².